The molecule has 0 saturated carbocycles. The van der Waals surface area contributed by atoms with Crippen molar-refractivity contribution in [2.75, 3.05) is 12.4 Å². The molecule has 0 fully saturated rings. The van der Waals surface area contributed by atoms with E-state index in [2.05, 4.69) is 15.0 Å². The summed E-state index contributed by atoms with van der Waals surface area (Å²) in [5.74, 6) is -0.510. The molecule has 0 saturated heterocycles. The summed E-state index contributed by atoms with van der Waals surface area (Å²) in [7, 11) is 1.24. The summed E-state index contributed by atoms with van der Waals surface area (Å²) >= 11 is 0. The monoisotopic (exact) mass is 281 g/mol. The molecule has 0 aromatic carbocycles. The topological polar surface area (TPSA) is 94.4 Å². The van der Waals surface area contributed by atoms with E-state index >= 15 is 0 Å². The van der Waals surface area contributed by atoms with Gasteiger partial charge in [-0.1, -0.05) is 20.3 Å². The molecule has 1 N–H and O–H groups in total. The van der Waals surface area contributed by atoms with Gasteiger partial charge in [0.1, 0.15) is 0 Å². The number of hydrogen-bond donors (Lipinski definition) is 1. The largest absolute Gasteiger partial charge is 0.464 e. The summed E-state index contributed by atoms with van der Waals surface area (Å²) in [5, 5.41) is 14.0. The highest BCUT2D eigenvalue weighted by molar-refractivity contribution is 5.88. The SMILES string of the molecule is CCCC(CC)Nc1nc(C(=O)OC)ccc1[N+](=O)[O-]. The smallest absolute Gasteiger partial charge is 0.356 e. The zero-order chi connectivity index (χ0) is 15.1. The summed E-state index contributed by atoms with van der Waals surface area (Å²) in [4.78, 5) is 25.9. The Bertz CT molecular complexity index is 491. The molecule has 1 aromatic heterocycles. The van der Waals surface area contributed by atoms with E-state index in [9.17, 15) is 14.9 Å². The normalized spacial score (nSPS) is 11.8. The lowest BCUT2D eigenvalue weighted by Gasteiger charge is -2.16. The molecule has 1 atom stereocenters. The predicted octanol–water partition coefficient (Wildman–Crippen LogP) is 2.77. The van der Waals surface area contributed by atoms with E-state index < -0.39 is 10.9 Å². The van der Waals surface area contributed by atoms with Crippen LogP contribution in [0.3, 0.4) is 0 Å². The first-order valence-electron chi connectivity index (χ1n) is 6.53. The highest BCUT2D eigenvalue weighted by Gasteiger charge is 2.20. The maximum absolute atomic E-state index is 11.4. The number of rotatable bonds is 7. The van der Waals surface area contributed by atoms with Crippen molar-refractivity contribution in [1.29, 1.82) is 0 Å². The lowest BCUT2D eigenvalue weighted by atomic mass is 10.1. The number of nitrogens with one attached hydrogen (secondary N) is 1. The fraction of sp³-hybridized carbons (Fsp3) is 0.538. The van der Waals surface area contributed by atoms with Gasteiger partial charge in [0.15, 0.2) is 5.69 Å². The molecule has 0 aliphatic carbocycles. The molecule has 0 spiro atoms. The zero-order valence-corrected chi connectivity index (χ0v) is 11.9. The van der Waals surface area contributed by atoms with E-state index in [1.165, 1.54) is 19.2 Å². The van der Waals surface area contributed by atoms with E-state index in [0.29, 0.717) is 0 Å². The molecule has 110 valence electrons. The summed E-state index contributed by atoms with van der Waals surface area (Å²) in [6.07, 6.45) is 2.64. The second-order valence-electron chi connectivity index (χ2n) is 4.35. The molecular weight excluding hydrogens is 262 g/mol. The number of esters is 1. The minimum Gasteiger partial charge on any atom is -0.464 e. The van der Waals surface area contributed by atoms with Crippen LogP contribution in [-0.4, -0.2) is 29.0 Å². The number of pyridine rings is 1. The number of carbonyl (C=O) groups excluding carboxylic acids is 1. The Morgan fingerprint density at radius 1 is 1.50 bits per heavy atom. The minimum absolute atomic E-state index is 0.0481. The van der Waals surface area contributed by atoms with Crippen LogP contribution in [-0.2, 0) is 4.74 Å². The Labute approximate surface area is 117 Å². The lowest BCUT2D eigenvalue weighted by molar-refractivity contribution is -0.384. The number of hydrogen-bond acceptors (Lipinski definition) is 6. The molecule has 1 unspecified atom stereocenters. The van der Waals surface area contributed by atoms with Crippen molar-refractivity contribution in [2.24, 2.45) is 0 Å². The maximum atomic E-state index is 11.4. The van der Waals surface area contributed by atoms with Crippen LogP contribution in [0.2, 0.25) is 0 Å². The average Bonchev–Trinajstić information content (AvgIpc) is 2.45. The van der Waals surface area contributed by atoms with Crippen LogP contribution in [0.25, 0.3) is 0 Å². The van der Waals surface area contributed by atoms with E-state index in [4.69, 9.17) is 0 Å². The molecule has 0 radical (unpaired) electrons. The second kappa shape index (κ2) is 7.42. The molecule has 0 aliphatic heterocycles. The van der Waals surface area contributed by atoms with Crippen LogP contribution in [0, 0.1) is 10.1 Å². The zero-order valence-electron chi connectivity index (χ0n) is 11.9. The first-order valence-corrected chi connectivity index (χ1v) is 6.53. The molecule has 20 heavy (non-hydrogen) atoms. The first-order chi connectivity index (χ1) is 9.53. The molecular formula is C13H19N3O4. The molecule has 7 heteroatoms. The Morgan fingerprint density at radius 3 is 2.70 bits per heavy atom. The number of nitrogens with zero attached hydrogens (tertiary/aromatic N) is 2. The highest BCUT2D eigenvalue weighted by Crippen LogP contribution is 2.24. The van der Waals surface area contributed by atoms with Crippen molar-refractivity contribution >= 4 is 17.5 Å². The number of ether oxygens (including phenoxy) is 1. The third kappa shape index (κ3) is 3.91. The van der Waals surface area contributed by atoms with Crippen molar-refractivity contribution < 1.29 is 14.5 Å². The van der Waals surface area contributed by atoms with Crippen LogP contribution >= 0.6 is 0 Å². The van der Waals surface area contributed by atoms with Crippen LogP contribution in [0.1, 0.15) is 43.6 Å². The van der Waals surface area contributed by atoms with Gasteiger partial charge < -0.3 is 10.1 Å². The Morgan fingerprint density at radius 2 is 2.20 bits per heavy atom. The number of anilines is 1. The summed E-state index contributed by atoms with van der Waals surface area (Å²) in [6.45, 7) is 4.03. The molecule has 0 bridgehead atoms. The number of aromatic nitrogens is 1. The molecule has 7 nitrogen and oxygen atoms in total. The molecule has 1 aromatic rings. The second-order valence-corrected chi connectivity index (χ2v) is 4.35. The van der Waals surface area contributed by atoms with Gasteiger partial charge in [0.25, 0.3) is 0 Å². The van der Waals surface area contributed by atoms with Crippen LogP contribution in [0.15, 0.2) is 12.1 Å². The molecule has 1 heterocycles. The fourth-order valence-corrected chi connectivity index (χ4v) is 1.84. The average molecular weight is 281 g/mol. The minimum atomic E-state index is -0.619. The predicted molar refractivity (Wildman–Crippen MR) is 74.8 cm³/mol. The van der Waals surface area contributed by atoms with E-state index in [1.807, 2.05) is 13.8 Å². The van der Waals surface area contributed by atoms with E-state index in [-0.39, 0.29) is 23.2 Å². The van der Waals surface area contributed by atoms with Gasteiger partial charge in [-0.25, -0.2) is 9.78 Å². The van der Waals surface area contributed by atoms with Crippen molar-refractivity contribution in [2.45, 2.75) is 39.2 Å². The van der Waals surface area contributed by atoms with Gasteiger partial charge >= 0.3 is 11.7 Å². The van der Waals surface area contributed by atoms with Gasteiger partial charge in [-0.3, -0.25) is 10.1 Å². The van der Waals surface area contributed by atoms with Crippen molar-refractivity contribution in [3.8, 4) is 0 Å². The third-order valence-electron chi connectivity index (χ3n) is 2.94. The standard InChI is InChI=1S/C13H19N3O4/c1-4-6-9(5-2)14-12-11(16(18)19)8-7-10(15-12)13(17)20-3/h7-9H,4-6H2,1-3H3,(H,14,15). The van der Waals surface area contributed by atoms with Gasteiger partial charge in [0.05, 0.1) is 12.0 Å². The van der Waals surface area contributed by atoms with E-state index in [1.54, 1.807) is 0 Å². The summed E-state index contributed by atoms with van der Waals surface area (Å²) < 4.78 is 4.57. The Kier molecular flexibility index (Phi) is 5.89. The third-order valence-corrected chi connectivity index (χ3v) is 2.94. The van der Waals surface area contributed by atoms with Gasteiger partial charge in [0, 0.05) is 12.1 Å². The van der Waals surface area contributed by atoms with Gasteiger partial charge in [0.2, 0.25) is 5.82 Å². The van der Waals surface area contributed by atoms with Crippen LogP contribution < -0.4 is 5.32 Å². The van der Waals surface area contributed by atoms with Crippen molar-refractivity contribution in [1.82, 2.24) is 4.98 Å². The number of methoxy groups -OCH3 is 1. The lowest BCUT2D eigenvalue weighted by Crippen LogP contribution is -2.20. The fourth-order valence-electron chi connectivity index (χ4n) is 1.84. The van der Waals surface area contributed by atoms with Gasteiger partial charge in [-0.2, -0.15) is 0 Å². The molecule has 0 aliphatic rings. The Hall–Kier alpha value is -2.18. The van der Waals surface area contributed by atoms with Crippen molar-refractivity contribution in [3.05, 3.63) is 27.9 Å². The molecule has 1 rings (SSSR count). The van der Waals surface area contributed by atoms with Crippen LogP contribution in [0.5, 0.6) is 0 Å². The van der Waals surface area contributed by atoms with Gasteiger partial charge in [-0.15, -0.1) is 0 Å². The first kappa shape index (κ1) is 15.9. The number of carbonyl (C=O) groups is 1. The van der Waals surface area contributed by atoms with E-state index in [0.717, 1.165) is 19.3 Å². The van der Waals surface area contributed by atoms with Crippen LogP contribution in [0.4, 0.5) is 11.5 Å². The number of nitro groups is 1. The van der Waals surface area contributed by atoms with Gasteiger partial charge in [-0.05, 0) is 18.9 Å². The summed E-state index contributed by atoms with van der Waals surface area (Å²) in [6, 6.07) is 2.63. The van der Waals surface area contributed by atoms with Crippen molar-refractivity contribution in [3.63, 3.8) is 0 Å². The maximum Gasteiger partial charge on any atom is 0.356 e. The summed E-state index contributed by atoms with van der Waals surface area (Å²) in [5.41, 5.74) is -0.0980. The quantitative estimate of drug-likeness (QED) is 0.469. The highest BCUT2D eigenvalue weighted by atomic mass is 16.6. The molecule has 0 amide bonds. The Balaban J connectivity index is 3.11.